The molecule has 0 amide bonds. The maximum atomic E-state index is 11.3. The van der Waals surface area contributed by atoms with Crippen molar-refractivity contribution in [2.75, 3.05) is 29.4 Å². The number of nitrogens with zero attached hydrogens (tertiary/aromatic N) is 6. The Bertz CT molecular complexity index is 1580. The SMILES string of the molecule is Cc1ccc(C(C)(C)C)cc1Cc1nc(N2CCN(c3ccc(C(=O)O)cc3)C(C)(C)C2)nc2ncn(C(C)C)c12. The predicted octanol–water partition coefficient (Wildman–Crippen LogP) is 6.41. The van der Waals surface area contributed by atoms with Crippen LogP contribution in [-0.2, 0) is 11.8 Å². The van der Waals surface area contributed by atoms with E-state index in [-0.39, 0.29) is 17.0 Å². The largest absolute Gasteiger partial charge is 0.478 e. The summed E-state index contributed by atoms with van der Waals surface area (Å²) in [6.45, 7) is 19.9. The third kappa shape index (κ3) is 5.65. The molecule has 1 aliphatic heterocycles. The minimum Gasteiger partial charge on any atom is -0.478 e. The van der Waals surface area contributed by atoms with E-state index in [1.165, 1.54) is 16.7 Å². The number of aromatic carboxylic acids is 1. The number of piperazine rings is 1. The summed E-state index contributed by atoms with van der Waals surface area (Å²) in [5.74, 6) is -0.204. The minimum atomic E-state index is -0.913. The summed E-state index contributed by atoms with van der Waals surface area (Å²) in [5.41, 5.74) is 7.72. The second kappa shape index (κ2) is 10.5. The van der Waals surface area contributed by atoms with Gasteiger partial charge in [0, 0.05) is 37.8 Å². The number of anilines is 2. The van der Waals surface area contributed by atoms with Gasteiger partial charge in [0.15, 0.2) is 5.65 Å². The fourth-order valence-electron chi connectivity index (χ4n) is 5.76. The highest BCUT2D eigenvalue weighted by atomic mass is 16.4. The average Bonchev–Trinajstić information content (AvgIpc) is 3.33. The Morgan fingerprint density at radius 3 is 2.37 bits per heavy atom. The molecule has 0 radical (unpaired) electrons. The molecule has 1 aliphatic rings. The van der Waals surface area contributed by atoms with Crippen LogP contribution in [0.15, 0.2) is 48.8 Å². The molecule has 0 unspecified atom stereocenters. The van der Waals surface area contributed by atoms with Crippen molar-refractivity contribution in [1.29, 1.82) is 0 Å². The molecule has 2 aromatic heterocycles. The molecular formula is C33H42N6O2. The van der Waals surface area contributed by atoms with Gasteiger partial charge in [-0.25, -0.2) is 14.8 Å². The molecule has 0 saturated carbocycles. The van der Waals surface area contributed by atoms with E-state index in [0.717, 1.165) is 42.2 Å². The molecule has 2 aromatic carbocycles. The molecule has 1 N–H and O–H groups in total. The highest BCUT2D eigenvalue weighted by Crippen LogP contribution is 2.32. The van der Waals surface area contributed by atoms with Gasteiger partial charge in [-0.15, -0.1) is 0 Å². The van der Waals surface area contributed by atoms with Crippen LogP contribution < -0.4 is 9.80 Å². The number of aryl methyl sites for hydroxylation is 1. The van der Waals surface area contributed by atoms with Crippen LogP contribution in [0.1, 0.15) is 87.3 Å². The summed E-state index contributed by atoms with van der Waals surface area (Å²) in [5, 5.41) is 9.30. The molecule has 4 aromatic rings. The molecule has 0 spiro atoms. The molecular weight excluding hydrogens is 512 g/mol. The first-order valence-electron chi connectivity index (χ1n) is 14.4. The van der Waals surface area contributed by atoms with Crippen molar-refractivity contribution in [3.63, 3.8) is 0 Å². The Balaban J connectivity index is 1.50. The van der Waals surface area contributed by atoms with Gasteiger partial charge in [-0.3, -0.25) is 0 Å². The number of fused-ring (bicyclic) bond motifs is 1. The van der Waals surface area contributed by atoms with Crippen molar-refractivity contribution in [2.45, 2.75) is 78.8 Å². The van der Waals surface area contributed by atoms with Crippen molar-refractivity contribution < 1.29 is 9.90 Å². The molecule has 1 fully saturated rings. The molecule has 8 nitrogen and oxygen atoms in total. The third-order valence-electron chi connectivity index (χ3n) is 8.23. The second-order valence-electron chi connectivity index (χ2n) is 13.2. The molecule has 0 atom stereocenters. The second-order valence-corrected chi connectivity index (χ2v) is 13.2. The van der Waals surface area contributed by atoms with Crippen molar-refractivity contribution >= 4 is 28.8 Å². The van der Waals surface area contributed by atoms with Crippen LogP contribution in [0, 0.1) is 6.92 Å². The van der Waals surface area contributed by atoms with Gasteiger partial charge in [0.2, 0.25) is 5.95 Å². The molecule has 5 rings (SSSR count). The van der Waals surface area contributed by atoms with E-state index in [4.69, 9.17) is 15.0 Å². The number of benzene rings is 2. The zero-order chi connectivity index (χ0) is 29.7. The van der Waals surface area contributed by atoms with Crippen LogP contribution in [-0.4, -0.2) is 55.8 Å². The van der Waals surface area contributed by atoms with Crippen LogP contribution in [0.5, 0.6) is 0 Å². The van der Waals surface area contributed by atoms with E-state index in [1.807, 2.05) is 18.5 Å². The summed E-state index contributed by atoms with van der Waals surface area (Å²) >= 11 is 0. The molecule has 1 saturated heterocycles. The Morgan fingerprint density at radius 2 is 1.76 bits per heavy atom. The number of carboxylic acid groups (broad SMARTS) is 1. The van der Waals surface area contributed by atoms with Gasteiger partial charge in [-0.2, -0.15) is 4.98 Å². The van der Waals surface area contributed by atoms with Gasteiger partial charge in [-0.05, 0) is 81.0 Å². The van der Waals surface area contributed by atoms with E-state index < -0.39 is 5.97 Å². The van der Waals surface area contributed by atoms with Crippen LogP contribution >= 0.6 is 0 Å². The number of rotatable bonds is 6. The minimum absolute atomic E-state index is 0.0630. The zero-order valence-electron chi connectivity index (χ0n) is 25.6. The maximum absolute atomic E-state index is 11.3. The average molecular weight is 555 g/mol. The quantitative estimate of drug-likeness (QED) is 0.295. The molecule has 3 heterocycles. The lowest BCUT2D eigenvalue weighted by molar-refractivity contribution is 0.0697. The number of carbonyl (C=O) groups is 1. The Labute approximate surface area is 243 Å². The summed E-state index contributed by atoms with van der Waals surface area (Å²) < 4.78 is 2.18. The van der Waals surface area contributed by atoms with Gasteiger partial charge in [0.1, 0.15) is 5.52 Å². The Morgan fingerprint density at radius 1 is 1.05 bits per heavy atom. The van der Waals surface area contributed by atoms with Gasteiger partial charge in [-0.1, -0.05) is 39.0 Å². The summed E-state index contributed by atoms with van der Waals surface area (Å²) in [6, 6.07) is 14.2. The van der Waals surface area contributed by atoms with E-state index in [9.17, 15) is 9.90 Å². The maximum Gasteiger partial charge on any atom is 0.335 e. The predicted molar refractivity (Wildman–Crippen MR) is 165 cm³/mol. The third-order valence-corrected chi connectivity index (χ3v) is 8.23. The lowest BCUT2D eigenvalue weighted by atomic mass is 9.84. The van der Waals surface area contributed by atoms with E-state index in [2.05, 4.69) is 88.0 Å². The Kier molecular flexibility index (Phi) is 7.30. The smallest absolute Gasteiger partial charge is 0.335 e. The number of imidazole rings is 1. The first-order valence-corrected chi connectivity index (χ1v) is 14.4. The zero-order valence-corrected chi connectivity index (χ0v) is 25.6. The van der Waals surface area contributed by atoms with Gasteiger partial charge in [0.05, 0.1) is 23.1 Å². The van der Waals surface area contributed by atoms with Crippen LogP contribution in [0.2, 0.25) is 0 Å². The first kappa shape index (κ1) is 28.6. The molecule has 8 heteroatoms. The van der Waals surface area contributed by atoms with Crippen LogP contribution in [0.3, 0.4) is 0 Å². The van der Waals surface area contributed by atoms with E-state index in [1.54, 1.807) is 12.1 Å². The van der Waals surface area contributed by atoms with Gasteiger partial charge >= 0.3 is 5.97 Å². The van der Waals surface area contributed by atoms with Crippen molar-refractivity contribution in [1.82, 2.24) is 19.5 Å². The van der Waals surface area contributed by atoms with Crippen LogP contribution in [0.4, 0.5) is 11.6 Å². The summed E-state index contributed by atoms with van der Waals surface area (Å²) in [4.78, 5) is 30.9. The van der Waals surface area contributed by atoms with Crippen molar-refractivity contribution in [3.05, 3.63) is 76.7 Å². The van der Waals surface area contributed by atoms with Crippen LogP contribution in [0.25, 0.3) is 11.2 Å². The lowest BCUT2D eigenvalue weighted by Gasteiger charge is -2.48. The number of carboxylic acids is 1. The molecule has 216 valence electrons. The highest BCUT2D eigenvalue weighted by Gasteiger charge is 2.35. The van der Waals surface area contributed by atoms with Gasteiger partial charge < -0.3 is 19.5 Å². The fourth-order valence-corrected chi connectivity index (χ4v) is 5.76. The van der Waals surface area contributed by atoms with Crippen molar-refractivity contribution in [2.24, 2.45) is 0 Å². The van der Waals surface area contributed by atoms with E-state index >= 15 is 0 Å². The summed E-state index contributed by atoms with van der Waals surface area (Å²) in [6.07, 6.45) is 2.60. The standard InChI is InChI=1S/C33H42N6O2/c1-21(2)38-20-34-29-28(38)27(18-24-17-25(32(4,5)6)12-9-22(24)3)35-31(36-29)37-15-16-39(33(7,8)19-37)26-13-10-23(11-14-26)30(40)41/h9-14,17,20-21H,15-16,18-19H2,1-8H3,(H,40,41). The normalized spacial score (nSPS) is 15.6. The fraction of sp³-hybridized carbons (Fsp3) is 0.455. The van der Waals surface area contributed by atoms with E-state index in [0.29, 0.717) is 17.9 Å². The molecule has 41 heavy (non-hydrogen) atoms. The molecule has 0 aliphatic carbocycles. The highest BCUT2D eigenvalue weighted by molar-refractivity contribution is 5.88. The number of hydrogen-bond donors (Lipinski definition) is 1. The van der Waals surface area contributed by atoms with Crippen molar-refractivity contribution in [3.8, 4) is 0 Å². The first-order chi connectivity index (χ1) is 19.2. The Hall–Kier alpha value is -3.94. The summed E-state index contributed by atoms with van der Waals surface area (Å²) in [7, 11) is 0. The molecule has 0 bridgehead atoms. The number of hydrogen-bond acceptors (Lipinski definition) is 6. The number of aromatic nitrogens is 4. The topological polar surface area (TPSA) is 87.4 Å². The lowest BCUT2D eigenvalue weighted by Crippen LogP contribution is -2.60. The monoisotopic (exact) mass is 554 g/mol. The van der Waals surface area contributed by atoms with Gasteiger partial charge in [0.25, 0.3) is 0 Å².